The summed E-state index contributed by atoms with van der Waals surface area (Å²) in [7, 11) is 0. The molecule has 1 aliphatic heterocycles. The Morgan fingerprint density at radius 3 is 1.88 bits per heavy atom. The third kappa shape index (κ3) is 13.0. The maximum absolute atomic E-state index is 11.8. The van der Waals surface area contributed by atoms with Crippen molar-refractivity contribution in [2.75, 3.05) is 13.1 Å². The number of allylic oxidation sites excluding steroid dienone is 5. The summed E-state index contributed by atoms with van der Waals surface area (Å²) in [6.45, 7) is 4.12. The largest absolute Gasteiger partial charge is 0.339 e. The van der Waals surface area contributed by atoms with E-state index in [2.05, 4.69) is 25.2 Å². The predicted octanol–water partition coefficient (Wildman–Crippen LogP) is 6.98. The standard InChI is InChI=1S/C24H41NO/c1-2-3-4-5-6-7-8-9-10-11-12-13-14-15-16-17-18-21-24(26)25-22-19-20-23-25/h6-7,16-18,21H,2-5,8-15,19-20,22-23H2,1H3. The Labute approximate surface area is 162 Å². The van der Waals surface area contributed by atoms with Gasteiger partial charge in [-0.15, -0.1) is 0 Å². The molecule has 0 spiro atoms. The molecule has 0 N–H and O–H groups in total. The van der Waals surface area contributed by atoms with E-state index in [1.54, 1.807) is 6.08 Å². The molecule has 0 saturated carbocycles. The number of amides is 1. The van der Waals surface area contributed by atoms with Crippen LogP contribution >= 0.6 is 0 Å². The van der Waals surface area contributed by atoms with Gasteiger partial charge in [0, 0.05) is 19.2 Å². The normalized spacial score (nSPS) is 15.2. The van der Waals surface area contributed by atoms with E-state index in [1.807, 2.05) is 17.1 Å². The van der Waals surface area contributed by atoms with Gasteiger partial charge < -0.3 is 4.90 Å². The zero-order valence-electron chi connectivity index (χ0n) is 17.1. The summed E-state index contributed by atoms with van der Waals surface area (Å²) in [6.07, 6.45) is 30.6. The second-order valence-electron chi connectivity index (χ2n) is 7.49. The molecule has 1 saturated heterocycles. The van der Waals surface area contributed by atoms with E-state index >= 15 is 0 Å². The highest BCUT2D eigenvalue weighted by Crippen LogP contribution is 2.10. The van der Waals surface area contributed by atoms with Gasteiger partial charge in [-0.05, 0) is 51.4 Å². The lowest BCUT2D eigenvalue weighted by molar-refractivity contribution is -0.124. The molecule has 2 heteroatoms. The first-order chi connectivity index (χ1) is 12.8. The minimum absolute atomic E-state index is 0.169. The summed E-state index contributed by atoms with van der Waals surface area (Å²) in [5.41, 5.74) is 0. The molecule has 1 heterocycles. The molecule has 0 unspecified atom stereocenters. The van der Waals surface area contributed by atoms with E-state index in [1.165, 1.54) is 70.6 Å². The topological polar surface area (TPSA) is 20.3 Å². The minimum Gasteiger partial charge on any atom is -0.339 e. The number of likely N-dealkylation sites (tertiary alicyclic amines) is 1. The lowest BCUT2D eigenvalue weighted by Crippen LogP contribution is -2.25. The van der Waals surface area contributed by atoms with Crippen molar-refractivity contribution >= 4 is 5.91 Å². The van der Waals surface area contributed by atoms with Crippen molar-refractivity contribution in [2.45, 2.75) is 96.8 Å². The molecule has 0 aliphatic carbocycles. The van der Waals surface area contributed by atoms with E-state index in [4.69, 9.17) is 0 Å². The molecule has 26 heavy (non-hydrogen) atoms. The fraction of sp³-hybridized carbons (Fsp3) is 0.708. The molecule has 2 nitrogen and oxygen atoms in total. The first-order valence-corrected chi connectivity index (χ1v) is 11.1. The van der Waals surface area contributed by atoms with Gasteiger partial charge in [-0.3, -0.25) is 4.79 Å². The third-order valence-electron chi connectivity index (χ3n) is 5.04. The van der Waals surface area contributed by atoms with E-state index in [0.29, 0.717) is 0 Å². The fourth-order valence-corrected chi connectivity index (χ4v) is 3.33. The minimum atomic E-state index is 0.169. The van der Waals surface area contributed by atoms with Gasteiger partial charge in [0.2, 0.25) is 5.91 Å². The molecule has 0 radical (unpaired) electrons. The molecule has 1 rings (SSSR count). The van der Waals surface area contributed by atoms with Crippen LogP contribution in [-0.4, -0.2) is 23.9 Å². The van der Waals surface area contributed by atoms with Crippen molar-refractivity contribution in [3.8, 4) is 0 Å². The smallest absolute Gasteiger partial charge is 0.246 e. The van der Waals surface area contributed by atoms with Gasteiger partial charge in [0.05, 0.1) is 0 Å². The van der Waals surface area contributed by atoms with Crippen LogP contribution in [0.2, 0.25) is 0 Å². The van der Waals surface area contributed by atoms with Crippen molar-refractivity contribution in [3.63, 3.8) is 0 Å². The average Bonchev–Trinajstić information content (AvgIpc) is 3.19. The van der Waals surface area contributed by atoms with Crippen molar-refractivity contribution in [1.82, 2.24) is 4.90 Å². The van der Waals surface area contributed by atoms with Crippen LogP contribution < -0.4 is 0 Å². The van der Waals surface area contributed by atoms with Crippen molar-refractivity contribution in [1.29, 1.82) is 0 Å². The maximum atomic E-state index is 11.8. The SMILES string of the molecule is CCCCCC=CCCCCCCCCC=CC=CC(=O)N1CCCC1. The van der Waals surface area contributed by atoms with E-state index in [9.17, 15) is 4.79 Å². The summed E-state index contributed by atoms with van der Waals surface area (Å²) in [4.78, 5) is 13.7. The maximum Gasteiger partial charge on any atom is 0.246 e. The van der Waals surface area contributed by atoms with Gasteiger partial charge in [0.1, 0.15) is 0 Å². The molecule has 1 amide bonds. The van der Waals surface area contributed by atoms with Crippen molar-refractivity contribution < 1.29 is 4.79 Å². The second kappa shape index (κ2) is 17.1. The second-order valence-corrected chi connectivity index (χ2v) is 7.49. The van der Waals surface area contributed by atoms with Crippen LogP contribution in [0.5, 0.6) is 0 Å². The van der Waals surface area contributed by atoms with Crippen LogP contribution in [0.25, 0.3) is 0 Å². The number of hydrogen-bond acceptors (Lipinski definition) is 1. The summed E-state index contributed by atoms with van der Waals surface area (Å²) < 4.78 is 0. The van der Waals surface area contributed by atoms with E-state index in [-0.39, 0.29) is 5.91 Å². The Balaban J connectivity index is 1.83. The highest BCUT2D eigenvalue weighted by Gasteiger charge is 2.14. The van der Waals surface area contributed by atoms with Gasteiger partial charge in [-0.2, -0.15) is 0 Å². The zero-order chi connectivity index (χ0) is 18.7. The molecule has 1 aliphatic rings. The quantitative estimate of drug-likeness (QED) is 0.134. The predicted molar refractivity (Wildman–Crippen MR) is 114 cm³/mol. The number of rotatable bonds is 15. The van der Waals surface area contributed by atoms with Gasteiger partial charge >= 0.3 is 0 Å². The van der Waals surface area contributed by atoms with Crippen LogP contribution in [0.4, 0.5) is 0 Å². The summed E-state index contributed by atoms with van der Waals surface area (Å²) in [5.74, 6) is 0.169. The average molecular weight is 360 g/mol. The van der Waals surface area contributed by atoms with Gasteiger partial charge in [-0.1, -0.05) is 75.8 Å². The highest BCUT2D eigenvalue weighted by molar-refractivity contribution is 5.88. The van der Waals surface area contributed by atoms with E-state index < -0.39 is 0 Å². The Kier molecular flexibility index (Phi) is 15.0. The molecule has 0 aromatic carbocycles. The molecule has 0 bridgehead atoms. The molecule has 1 fully saturated rings. The molecule has 0 aromatic heterocycles. The zero-order valence-corrected chi connectivity index (χ0v) is 17.1. The van der Waals surface area contributed by atoms with Crippen molar-refractivity contribution in [3.05, 3.63) is 36.5 Å². The number of unbranched alkanes of at least 4 members (excludes halogenated alkanes) is 10. The lowest BCUT2D eigenvalue weighted by atomic mass is 10.1. The monoisotopic (exact) mass is 359 g/mol. The van der Waals surface area contributed by atoms with Gasteiger partial charge in [0.15, 0.2) is 0 Å². The van der Waals surface area contributed by atoms with Crippen LogP contribution in [0.15, 0.2) is 36.5 Å². The Hall–Kier alpha value is -1.31. The Morgan fingerprint density at radius 1 is 0.731 bits per heavy atom. The van der Waals surface area contributed by atoms with E-state index in [0.717, 1.165) is 32.4 Å². The molecule has 0 atom stereocenters. The van der Waals surface area contributed by atoms with Crippen LogP contribution in [0.1, 0.15) is 96.8 Å². The molecular weight excluding hydrogens is 318 g/mol. The van der Waals surface area contributed by atoms with Gasteiger partial charge in [0.25, 0.3) is 0 Å². The first-order valence-electron chi connectivity index (χ1n) is 11.1. The Morgan fingerprint density at radius 2 is 1.27 bits per heavy atom. The van der Waals surface area contributed by atoms with Crippen LogP contribution in [0, 0.1) is 0 Å². The van der Waals surface area contributed by atoms with Gasteiger partial charge in [-0.25, -0.2) is 0 Å². The lowest BCUT2D eigenvalue weighted by Gasteiger charge is -2.11. The van der Waals surface area contributed by atoms with Crippen LogP contribution in [0.3, 0.4) is 0 Å². The molecule has 148 valence electrons. The summed E-state index contributed by atoms with van der Waals surface area (Å²) in [6, 6.07) is 0. The van der Waals surface area contributed by atoms with Crippen LogP contribution in [-0.2, 0) is 4.79 Å². The highest BCUT2D eigenvalue weighted by atomic mass is 16.2. The summed E-state index contributed by atoms with van der Waals surface area (Å²) >= 11 is 0. The number of hydrogen-bond donors (Lipinski definition) is 0. The Bertz CT molecular complexity index is 416. The third-order valence-corrected chi connectivity index (χ3v) is 5.04. The fourth-order valence-electron chi connectivity index (χ4n) is 3.33. The molecular formula is C24H41NO. The van der Waals surface area contributed by atoms with Crippen molar-refractivity contribution in [2.24, 2.45) is 0 Å². The number of carbonyl (C=O) groups is 1. The number of nitrogens with zero attached hydrogens (tertiary/aromatic N) is 1. The molecule has 0 aromatic rings. The number of carbonyl (C=O) groups excluding carboxylic acids is 1. The summed E-state index contributed by atoms with van der Waals surface area (Å²) in [5, 5.41) is 0. The first kappa shape index (κ1) is 22.7.